The summed E-state index contributed by atoms with van der Waals surface area (Å²) in [5.74, 6) is 0.190. The van der Waals surface area contributed by atoms with E-state index in [1.54, 1.807) is 13.0 Å². The molecule has 0 bridgehead atoms. The first-order valence-corrected chi connectivity index (χ1v) is 9.46. The number of carbonyl (C=O) groups excluding carboxylic acids is 1. The van der Waals surface area contributed by atoms with Gasteiger partial charge in [0.2, 0.25) is 11.8 Å². The number of carbonyl (C=O) groups is 1. The molecule has 2 aromatic heterocycles. The van der Waals surface area contributed by atoms with E-state index in [0.29, 0.717) is 5.82 Å². The van der Waals surface area contributed by atoms with Crippen molar-refractivity contribution in [1.82, 2.24) is 24.8 Å². The number of hydrogen-bond acceptors (Lipinski definition) is 9. The summed E-state index contributed by atoms with van der Waals surface area (Å²) in [6.07, 6.45) is 0. The minimum absolute atomic E-state index is 0.00166. The maximum absolute atomic E-state index is 12.7. The number of ether oxygens (including phenoxy) is 1. The quantitative estimate of drug-likeness (QED) is 0.586. The van der Waals surface area contributed by atoms with Crippen molar-refractivity contribution in [2.24, 2.45) is 0 Å². The monoisotopic (exact) mass is 424 g/mol. The van der Waals surface area contributed by atoms with Gasteiger partial charge in [-0.2, -0.15) is 9.97 Å². The third-order valence-electron chi connectivity index (χ3n) is 3.27. The fraction of sp³-hybridized carbons (Fsp3) is 0.133. The molecule has 0 fully saturated rings. The molecule has 0 aliphatic rings. The van der Waals surface area contributed by atoms with Gasteiger partial charge in [-0.1, -0.05) is 28.9 Å². The van der Waals surface area contributed by atoms with E-state index < -0.39 is 16.1 Å². The molecule has 0 aliphatic heterocycles. The maximum atomic E-state index is 12.7. The number of benzene rings is 1. The fourth-order valence-electron chi connectivity index (χ4n) is 2.15. The van der Waals surface area contributed by atoms with Crippen molar-refractivity contribution in [2.45, 2.75) is 11.8 Å². The van der Waals surface area contributed by atoms with Gasteiger partial charge in [0.15, 0.2) is 5.82 Å². The minimum atomic E-state index is -4.28. The van der Waals surface area contributed by atoms with Crippen molar-refractivity contribution in [3.8, 4) is 17.3 Å². The van der Waals surface area contributed by atoms with Gasteiger partial charge in [-0.15, -0.1) is 0 Å². The van der Waals surface area contributed by atoms with Crippen LogP contribution in [0, 0.1) is 6.92 Å². The molecule has 0 unspecified atom stereocenters. The van der Waals surface area contributed by atoms with E-state index in [4.69, 9.17) is 20.9 Å². The summed E-state index contributed by atoms with van der Waals surface area (Å²) in [5, 5.41) is 5.82. The number of halogens is 1. The van der Waals surface area contributed by atoms with Gasteiger partial charge < -0.3 is 9.26 Å². The molecule has 0 saturated heterocycles. The Balaban J connectivity index is 1.85. The zero-order chi connectivity index (χ0) is 20.3. The average Bonchev–Trinajstić information content (AvgIpc) is 3.07. The van der Waals surface area contributed by atoms with Crippen LogP contribution >= 0.6 is 11.6 Å². The Kier molecular flexibility index (Phi) is 5.42. The van der Waals surface area contributed by atoms with Crippen LogP contribution in [0.2, 0.25) is 5.15 Å². The zero-order valence-corrected chi connectivity index (χ0v) is 16.1. The molecular formula is C15H13ClN6O5S. The van der Waals surface area contributed by atoms with E-state index in [9.17, 15) is 13.2 Å². The first-order chi connectivity index (χ1) is 13.3. The summed E-state index contributed by atoms with van der Waals surface area (Å²) in [4.78, 5) is 23.5. The molecule has 2 N–H and O–H groups in total. The predicted molar refractivity (Wildman–Crippen MR) is 97.4 cm³/mol. The second-order valence-electron chi connectivity index (χ2n) is 5.26. The number of amides is 2. The smallest absolute Gasteiger partial charge is 0.335 e. The number of aromatic nitrogens is 4. The van der Waals surface area contributed by atoms with Crippen LogP contribution in [-0.4, -0.2) is 41.7 Å². The average molecular weight is 425 g/mol. The van der Waals surface area contributed by atoms with Crippen LogP contribution in [0.3, 0.4) is 0 Å². The Hall–Kier alpha value is -3.25. The number of nitrogens with one attached hydrogen (secondary N) is 2. The number of sulfonamides is 1. The molecule has 0 atom stereocenters. The molecule has 146 valence electrons. The van der Waals surface area contributed by atoms with Gasteiger partial charge in [0.25, 0.3) is 15.9 Å². The van der Waals surface area contributed by atoms with Crippen molar-refractivity contribution in [1.29, 1.82) is 0 Å². The highest BCUT2D eigenvalue weighted by atomic mass is 35.5. The number of aryl methyl sites for hydroxylation is 1. The highest BCUT2D eigenvalue weighted by Crippen LogP contribution is 2.25. The summed E-state index contributed by atoms with van der Waals surface area (Å²) in [6.45, 7) is 1.59. The first kappa shape index (κ1) is 19.5. The summed E-state index contributed by atoms with van der Waals surface area (Å²) < 4.78 is 37.1. The van der Waals surface area contributed by atoms with Gasteiger partial charge in [-0.3, -0.25) is 5.32 Å². The van der Waals surface area contributed by atoms with Crippen LogP contribution in [0.4, 0.5) is 10.7 Å². The standard InChI is InChI=1S/C15H13ClN6O5S/c1-8-17-13(27-21-8)9-5-3-4-6-10(9)28(24,25)22-15(23)20-14-18-11(16)7-12(19-14)26-2/h3-7H,1-2H3,(H2,18,19,20,22,23). The number of rotatable bonds is 5. The number of nitrogens with zero attached hydrogens (tertiary/aromatic N) is 4. The van der Waals surface area contributed by atoms with E-state index >= 15 is 0 Å². The Morgan fingerprint density at radius 1 is 1.21 bits per heavy atom. The molecule has 11 nitrogen and oxygen atoms in total. The highest BCUT2D eigenvalue weighted by Gasteiger charge is 2.24. The number of anilines is 1. The summed E-state index contributed by atoms with van der Waals surface area (Å²) >= 11 is 5.79. The molecular weight excluding hydrogens is 412 g/mol. The van der Waals surface area contributed by atoms with Crippen LogP contribution in [0.1, 0.15) is 5.82 Å². The summed E-state index contributed by atoms with van der Waals surface area (Å²) in [7, 11) is -2.93. The normalized spacial score (nSPS) is 11.1. The first-order valence-electron chi connectivity index (χ1n) is 7.60. The topological polar surface area (TPSA) is 149 Å². The molecule has 3 rings (SSSR count). The van der Waals surface area contributed by atoms with E-state index in [-0.39, 0.29) is 33.3 Å². The fourth-order valence-corrected chi connectivity index (χ4v) is 3.43. The van der Waals surface area contributed by atoms with Crippen molar-refractivity contribution in [2.75, 3.05) is 12.4 Å². The molecule has 13 heteroatoms. The van der Waals surface area contributed by atoms with Gasteiger partial charge in [-0.05, 0) is 19.1 Å². The lowest BCUT2D eigenvalue weighted by Crippen LogP contribution is -2.35. The van der Waals surface area contributed by atoms with Gasteiger partial charge in [0.05, 0.1) is 12.7 Å². The Bertz CT molecular complexity index is 1130. The Morgan fingerprint density at radius 2 is 1.96 bits per heavy atom. The minimum Gasteiger partial charge on any atom is -0.481 e. The highest BCUT2D eigenvalue weighted by molar-refractivity contribution is 7.90. The molecule has 2 heterocycles. The van der Waals surface area contributed by atoms with Crippen molar-refractivity contribution in [3.63, 3.8) is 0 Å². The number of methoxy groups -OCH3 is 1. The second kappa shape index (κ2) is 7.78. The molecule has 0 radical (unpaired) electrons. The summed E-state index contributed by atoms with van der Waals surface area (Å²) in [5.41, 5.74) is 0.143. The second-order valence-corrected chi connectivity index (χ2v) is 7.30. The third kappa shape index (κ3) is 4.35. The lowest BCUT2D eigenvalue weighted by Gasteiger charge is -2.10. The molecule has 3 aromatic rings. The molecule has 0 aliphatic carbocycles. The zero-order valence-electron chi connectivity index (χ0n) is 14.5. The van der Waals surface area contributed by atoms with Crippen molar-refractivity contribution < 1.29 is 22.5 Å². The largest absolute Gasteiger partial charge is 0.481 e. The summed E-state index contributed by atoms with van der Waals surface area (Å²) in [6, 6.07) is 6.09. The van der Waals surface area contributed by atoms with Gasteiger partial charge in [0.1, 0.15) is 10.0 Å². The van der Waals surface area contributed by atoms with E-state index in [0.717, 1.165) is 0 Å². The van der Waals surface area contributed by atoms with E-state index in [1.165, 1.54) is 31.4 Å². The van der Waals surface area contributed by atoms with Crippen LogP contribution < -0.4 is 14.8 Å². The van der Waals surface area contributed by atoms with Crippen LogP contribution in [-0.2, 0) is 10.0 Å². The number of hydrogen-bond donors (Lipinski definition) is 2. The molecule has 0 saturated carbocycles. The third-order valence-corrected chi connectivity index (χ3v) is 4.85. The Labute approximate surface area is 164 Å². The lowest BCUT2D eigenvalue weighted by molar-refractivity contribution is 0.256. The van der Waals surface area contributed by atoms with E-state index in [1.807, 2.05) is 4.72 Å². The molecule has 0 spiro atoms. The predicted octanol–water partition coefficient (Wildman–Crippen LogP) is 2.01. The van der Waals surface area contributed by atoms with Crippen LogP contribution in [0.15, 0.2) is 39.8 Å². The van der Waals surface area contributed by atoms with Crippen LogP contribution in [0.25, 0.3) is 11.5 Å². The maximum Gasteiger partial charge on any atom is 0.335 e. The Morgan fingerprint density at radius 3 is 2.64 bits per heavy atom. The number of urea groups is 1. The van der Waals surface area contributed by atoms with Gasteiger partial charge in [0, 0.05) is 6.07 Å². The molecule has 2 amide bonds. The lowest BCUT2D eigenvalue weighted by atomic mass is 10.2. The molecule has 1 aromatic carbocycles. The molecule has 28 heavy (non-hydrogen) atoms. The van der Waals surface area contributed by atoms with Crippen molar-refractivity contribution >= 4 is 33.6 Å². The van der Waals surface area contributed by atoms with Crippen molar-refractivity contribution in [3.05, 3.63) is 41.3 Å². The van der Waals surface area contributed by atoms with E-state index in [2.05, 4.69) is 25.4 Å². The van der Waals surface area contributed by atoms with Crippen LogP contribution in [0.5, 0.6) is 5.88 Å². The SMILES string of the molecule is COc1cc(Cl)nc(NC(=O)NS(=O)(=O)c2ccccc2-c2nc(C)no2)n1. The van der Waals surface area contributed by atoms with Gasteiger partial charge >= 0.3 is 6.03 Å². The van der Waals surface area contributed by atoms with Gasteiger partial charge in [-0.25, -0.2) is 22.9 Å².